The summed E-state index contributed by atoms with van der Waals surface area (Å²) in [4.78, 5) is 0. The molecule has 8 heavy (non-hydrogen) atoms. The molecule has 1 rings (SSSR count). The first-order valence-electron chi connectivity index (χ1n) is 2.69. The van der Waals surface area contributed by atoms with E-state index in [4.69, 9.17) is 5.84 Å². The van der Waals surface area contributed by atoms with Crippen molar-refractivity contribution in [3.63, 3.8) is 0 Å². The Bertz CT molecular complexity index is 59.7. The Morgan fingerprint density at radius 2 is 1.62 bits per heavy atom. The minimum Gasteiger partial charge on any atom is -0.269 e. The fraction of sp³-hybridized carbons (Fsp3) is 1.00. The van der Waals surface area contributed by atoms with Crippen LogP contribution in [0.3, 0.4) is 0 Å². The molecule has 3 nitrogen and oxygen atoms in total. The van der Waals surface area contributed by atoms with Gasteiger partial charge in [-0.1, -0.05) is 0 Å². The van der Waals surface area contributed by atoms with E-state index < -0.39 is 0 Å². The monoisotopic (exact) mass is 119 g/mol. The van der Waals surface area contributed by atoms with E-state index >= 15 is 0 Å². The number of nitrogens with two attached hydrogens (primary N) is 1. The van der Waals surface area contributed by atoms with Crippen LogP contribution in [-0.2, 0) is 0 Å². The van der Waals surface area contributed by atoms with Crippen molar-refractivity contribution in [3.05, 3.63) is 0 Å². The molecule has 0 amide bonds. The molecule has 48 valence electrons. The van der Waals surface area contributed by atoms with Crippen LogP contribution < -0.4 is 5.84 Å². The van der Waals surface area contributed by atoms with Gasteiger partial charge in [0.05, 0.1) is 0 Å². The highest BCUT2D eigenvalue weighted by Crippen LogP contribution is 1.95. The standard InChI is InChI=1S/C4H10FN3/c5-7-1-3-8(6)4-2-7/h1-4,6H2. The zero-order chi connectivity index (χ0) is 5.98. The second-order valence-electron chi connectivity index (χ2n) is 1.95. The second-order valence-corrected chi connectivity index (χ2v) is 1.95. The lowest BCUT2D eigenvalue weighted by atomic mass is 10.4. The minimum atomic E-state index is 0.441. The molecule has 0 spiro atoms. The summed E-state index contributed by atoms with van der Waals surface area (Å²) in [5, 5.41) is 2.40. The first-order valence-corrected chi connectivity index (χ1v) is 2.69. The number of hydrogen-bond donors (Lipinski definition) is 1. The van der Waals surface area contributed by atoms with Gasteiger partial charge in [0.1, 0.15) is 0 Å². The molecule has 4 heteroatoms. The molecule has 0 atom stereocenters. The van der Waals surface area contributed by atoms with Crippen molar-refractivity contribution in [2.45, 2.75) is 0 Å². The second kappa shape index (κ2) is 2.39. The highest BCUT2D eigenvalue weighted by molar-refractivity contribution is 4.59. The highest BCUT2D eigenvalue weighted by atomic mass is 19.2. The van der Waals surface area contributed by atoms with Gasteiger partial charge in [0, 0.05) is 26.2 Å². The van der Waals surface area contributed by atoms with E-state index in [-0.39, 0.29) is 0 Å². The average Bonchev–Trinajstić information content (AvgIpc) is 1.77. The summed E-state index contributed by atoms with van der Waals surface area (Å²) in [5.74, 6) is 5.34. The minimum absolute atomic E-state index is 0.441. The van der Waals surface area contributed by atoms with E-state index in [1.54, 1.807) is 5.01 Å². The van der Waals surface area contributed by atoms with Crippen molar-refractivity contribution in [1.82, 2.24) is 10.1 Å². The first kappa shape index (κ1) is 5.94. The number of piperazine rings is 1. The number of hydrazine groups is 1. The van der Waals surface area contributed by atoms with Crippen molar-refractivity contribution in [2.75, 3.05) is 26.2 Å². The fourth-order valence-electron chi connectivity index (χ4n) is 0.698. The SMILES string of the molecule is NN1CCN(F)CC1. The summed E-state index contributed by atoms with van der Waals surface area (Å²) in [5.41, 5.74) is 0. The maximum atomic E-state index is 12.1. The molecule has 1 aliphatic rings. The molecule has 0 unspecified atom stereocenters. The molecule has 0 aliphatic carbocycles. The van der Waals surface area contributed by atoms with Gasteiger partial charge in [-0.25, -0.2) is 5.01 Å². The van der Waals surface area contributed by atoms with Crippen LogP contribution >= 0.6 is 0 Å². The Hall–Kier alpha value is -0.190. The summed E-state index contributed by atoms with van der Waals surface area (Å²) in [6, 6.07) is 0. The predicted molar refractivity (Wildman–Crippen MR) is 28.4 cm³/mol. The van der Waals surface area contributed by atoms with Gasteiger partial charge in [-0.05, 0) is 0 Å². The van der Waals surface area contributed by atoms with E-state index in [1.165, 1.54) is 0 Å². The zero-order valence-electron chi connectivity index (χ0n) is 4.68. The third-order valence-corrected chi connectivity index (χ3v) is 1.26. The molecule has 1 saturated heterocycles. The maximum Gasteiger partial charge on any atom is 0.0432 e. The van der Waals surface area contributed by atoms with Crippen molar-refractivity contribution >= 4 is 0 Å². The van der Waals surface area contributed by atoms with Crippen LogP contribution in [0.1, 0.15) is 0 Å². The predicted octanol–water partition coefficient (Wildman–Crippen LogP) is -0.638. The molecule has 0 saturated carbocycles. The quantitative estimate of drug-likeness (QED) is 0.340. The number of nitrogens with zero attached hydrogens (tertiary/aromatic N) is 2. The van der Waals surface area contributed by atoms with Crippen LogP contribution in [0.15, 0.2) is 0 Å². The van der Waals surface area contributed by atoms with Gasteiger partial charge >= 0.3 is 0 Å². The lowest BCUT2D eigenvalue weighted by Crippen LogP contribution is -2.46. The third kappa shape index (κ3) is 1.40. The Labute approximate surface area is 47.8 Å². The van der Waals surface area contributed by atoms with Gasteiger partial charge in [0.25, 0.3) is 0 Å². The molecule has 1 aliphatic heterocycles. The summed E-state index contributed by atoms with van der Waals surface area (Å²) < 4.78 is 12.1. The van der Waals surface area contributed by atoms with Crippen LogP contribution in [0, 0.1) is 0 Å². The normalized spacial score (nSPS) is 26.2. The van der Waals surface area contributed by atoms with Crippen LogP contribution in [0.25, 0.3) is 0 Å². The largest absolute Gasteiger partial charge is 0.269 e. The van der Waals surface area contributed by atoms with Crippen molar-refractivity contribution in [3.8, 4) is 0 Å². The molecular weight excluding hydrogens is 109 g/mol. The van der Waals surface area contributed by atoms with Gasteiger partial charge in [-0.15, -0.1) is 9.60 Å². The van der Waals surface area contributed by atoms with E-state index in [1.807, 2.05) is 0 Å². The van der Waals surface area contributed by atoms with Crippen molar-refractivity contribution in [2.24, 2.45) is 5.84 Å². The summed E-state index contributed by atoms with van der Waals surface area (Å²) in [6.45, 7) is 2.15. The molecular formula is C4H10FN3. The zero-order valence-corrected chi connectivity index (χ0v) is 4.68. The Morgan fingerprint density at radius 3 is 2.00 bits per heavy atom. The van der Waals surface area contributed by atoms with Crippen LogP contribution in [0.5, 0.6) is 0 Å². The fourth-order valence-corrected chi connectivity index (χ4v) is 0.698. The van der Waals surface area contributed by atoms with Gasteiger partial charge in [0.2, 0.25) is 0 Å². The van der Waals surface area contributed by atoms with Gasteiger partial charge in [-0.3, -0.25) is 5.84 Å². The molecule has 0 radical (unpaired) electrons. The van der Waals surface area contributed by atoms with Crippen LogP contribution in [-0.4, -0.2) is 36.3 Å². The Morgan fingerprint density at radius 1 is 1.12 bits per heavy atom. The molecule has 0 aromatic rings. The van der Waals surface area contributed by atoms with E-state index in [2.05, 4.69) is 0 Å². The van der Waals surface area contributed by atoms with E-state index in [0.717, 1.165) is 5.12 Å². The van der Waals surface area contributed by atoms with E-state index in [9.17, 15) is 4.48 Å². The maximum absolute atomic E-state index is 12.1. The van der Waals surface area contributed by atoms with Gasteiger partial charge in [-0.2, -0.15) is 0 Å². The van der Waals surface area contributed by atoms with Crippen LogP contribution in [0.4, 0.5) is 4.48 Å². The molecule has 1 heterocycles. The Kier molecular flexibility index (Phi) is 1.77. The average molecular weight is 119 g/mol. The summed E-state index contributed by atoms with van der Waals surface area (Å²) in [6.07, 6.45) is 0. The molecule has 0 aromatic carbocycles. The number of hydrogen-bond acceptors (Lipinski definition) is 3. The van der Waals surface area contributed by atoms with Crippen molar-refractivity contribution in [1.29, 1.82) is 0 Å². The number of halogens is 1. The van der Waals surface area contributed by atoms with Gasteiger partial charge in [0.15, 0.2) is 0 Å². The van der Waals surface area contributed by atoms with E-state index in [0.29, 0.717) is 26.2 Å². The van der Waals surface area contributed by atoms with Gasteiger partial charge < -0.3 is 0 Å². The van der Waals surface area contributed by atoms with Crippen LogP contribution in [0.2, 0.25) is 0 Å². The summed E-state index contributed by atoms with van der Waals surface area (Å²) in [7, 11) is 0. The molecule has 0 bridgehead atoms. The van der Waals surface area contributed by atoms with Crippen molar-refractivity contribution < 1.29 is 4.48 Å². The topological polar surface area (TPSA) is 32.5 Å². The lowest BCUT2D eigenvalue weighted by molar-refractivity contribution is -0.0217. The number of rotatable bonds is 0. The Balaban J connectivity index is 2.19. The highest BCUT2D eigenvalue weighted by Gasteiger charge is 2.11. The smallest absolute Gasteiger partial charge is 0.0432 e. The molecule has 1 fully saturated rings. The first-order chi connectivity index (χ1) is 3.79. The lowest BCUT2D eigenvalue weighted by Gasteiger charge is -2.25. The third-order valence-electron chi connectivity index (χ3n) is 1.26. The summed E-state index contributed by atoms with van der Waals surface area (Å²) >= 11 is 0. The molecule has 2 N–H and O–H groups in total. The molecule has 0 aromatic heterocycles.